The van der Waals surface area contributed by atoms with E-state index in [0.717, 1.165) is 6.54 Å². The van der Waals surface area contributed by atoms with E-state index in [0.29, 0.717) is 0 Å². The average molecular weight is 223 g/mol. The molecule has 1 aromatic carbocycles. The number of halogens is 1. The van der Waals surface area contributed by atoms with Gasteiger partial charge in [0.15, 0.2) is 0 Å². The maximum absolute atomic E-state index is 8.50. The van der Waals surface area contributed by atoms with Gasteiger partial charge in [0.1, 0.15) is 0 Å². The van der Waals surface area contributed by atoms with Crippen molar-refractivity contribution in [3.63, 3.8) is 0 Å². The first-order valence-corrected chi connectivity index (χ1v) is 4.45. The van der Waals surface area contributed by atoms with Gasteiger partial charge in [0.05, 0.1) is 6.54 Å². The standard InChI is InChI=1S/C7H9N.ClH.2O.Ti/c8-6-7-4-2-1-3-5-7;;;;/h1-5H,6,8H2;1H;;;. The third kappa shape index (κ3) is 7.89. The van der Waals surface area contributed by atoms with Crippen LogP contribution in [0.1, 0.15) is 5.56 Å². The summed E-state index contributed by atoms with van der Waals surface area (Å²) in [7, 11) is 0. The van der Waals surface area contributed by atoms with Gasteiger partial charge in [-0.2, -0.15) is 0 Å². The molecule has 0 aliphatic heterocycles. The van der Waals surface area contributed by atoms with Gasteiger partial charge in [0.25, 0.3) is 0 Å². The molecule has 66 valence electrons. The van der Waals surface area contributed by atoms with Crippen LogP contribution >= 0.6 is 0 Å². The first-order valence-electron chi connectivity index (χ1n) is 3.17. The molecule has 0 amide bonds. The molecule has 1 rings (SSSR count). The van der Waals surface area contributed by atoms with Crippen molar-refractivity contribution in [3.8, 4) is 0 Å². The molecule has 3 nitrogen and oxygen atoms in total. The fourth-order valence-electron chi connectivity index (χ4n) is 0.645. The fourth-order valence-corrected chi connectivity index (χ4v) is 0.645. The van der Waals surface area contributed by atoms with Crippen LogP contribution in [0, 0.1) is 0 Å². The SMILES string of the molecule is [Cl-].[NH3+]Cc1ccccc1.[O]=[Ti]=[O]. The van der Waals surface area contributed by atoms with Gasteiger partial charge in [-0.1, -0.05) is 30.3 Å². The number of quaternary nitrogens is 1. The maximum atomic E-state index is 8.50. The third-order valence-electron chi connectivity index (χ3n) is 1.13. The van der Waals surface area contributed by atoms with Crippen molar-refractivity contribution < 1.29 is 43.9 Å². The van der Waals surface area contributed by atoms with Crippen LogP contribution in [0.15, 0.2) is 30.3 Å². The fraction of sp³-hybridized carbons (Fsp3) is 0.143. The molecule has 0 spiro atoms. The molecule has 0 aliphatic rings. The Morgan fingerprint density at radius 3 is 1.83 bits per heavy atom. The van der Waals surface area contributed by atoms with Crippen LogP contribution in [0.25, 0.3) is 0 Å². The van der Waals surface area contributed by atoms with E-state index in [2.05, 4.69) is 17.9 Å². The molecule has 0 aliphatic carbocycles. The number of benzene rings is 1. The van der Waals surface area contributed by atoms with Crippen molar-refractivity contribution in [1.29, 1.82) is 0 Å². The van der Waals surface area contributed by atoms with E-state index in [1.54, 1.807) is 0 Å². The van der Waals surface area contributed by atoms with Crippen LogP contribution in [0.2, 0.25) is 0 Å². The molecule has 0 unspecified atom stereocenters. The molecule has 0 fully saturated rings. The van der Waals surface area contributed by atoms with Crippen LogP contribution in [-0.4, -0.2) is 0 Å². The predicted octanol–water partition coefficient (Wildman–Crippen LogP) is -2.81. The van der Waals surface area contributed by atoms with Gasteiger partial charge < -0.3 is 18.1 Å². The van der Waals surface area contributed by atoms with Crippen LogP contribution in [0.3, 0.4) is 0 Å². The van der Waals surface area contributed by atoms with Gasteiger partial charge in [0.2, 0.25) is 0 Å². The topological polar surface area (TPSA) is 61.8 Å². The summed E-state index contributed by atoms with van der Waals surface area (Å²) in [6, 6.07) is 10.2. The van der Waals surface area contributed by atoms with Gasteiger partial charge in [0, 0.05) is 5.56 Å². The summed E-state index contributed by atoms with van der Waals surface area (Å²) in [6.07, 6.45) is 0. The molecular weight excluding hydrogens is 213 g/mol. The zero-order valence-corrected chi connectivity index (χ0v) is 8.81. The van der Waals surface area contributed by atoms with Crippen LogP contribution in [-0.2, 0) is 32.3 Å². The van der Waals surface area contributed by atoms with Crippen molar-refractivity contribution in [3.05, 3.63) is 35.9 Å². The van der Waals surface area contributed by atoms with E-state index in [1.807, 2.05) is 18.2 Å². The van der Waals surface area contributed by atoms with Crippen LogP contribution in [0.5, 0.6) is 0 Å². The molecule has 0 atom stereocenters. The molecule has 0 heterocycles. The first kappa shape index (κ1) is 14.3. The number of rotatable bonds is 1. The molecule has 0 saturated heterocycles. The Morgan fingerprint density at radius 1 is 1.17 bits per heavy atom. The zero-order chi connectivity index (χ0) is 8.53. The summed E-state index contributed by atoms with van der Waals surface area (Å²) in [4.78, 5) is 0. The molecule has 0 radical (unpaired) electrons. The Kier molecular flexibility index (Phi) is 12.9. The quantitative estimate of drug-likeness (QED) is 0.523. The van der Waals surface area contributed by atoms with Gasteiger partial charge in [-0.05, 0) is 0 Å². The summed E-state index contributed by atoms with van der Waals surface area (Å²) in [5.74, 6) is 0. The molecule has 1 aromatic rings. The number of hydrogen-bond acceptors (Lipinski definition) is 2. The van der Waals surface area contributed by atoms with Gasteiger partial charge in [-0.3, -0.25) is 0 Å². The summed E-state index contributed by atoms with van der Waals surface area (Å²) in [6.45, 7) is 0.890. The van der Waals surface area contributed by atoms with Crippen molar-refractivity contribution in [2.24, 2.45) is 0 Å². The second-order valence-corrected chi connectivity index (χ2v) is 2.08. The van der Waals surface area contributed by atoms with Gasteiger partial charge in [-0.25, -0.2) is 0 Å². The van der Waals surface area contributed by atoms with Crippen molar-refractivity contribution in [1.82, 2.24) is 0 Å². The summed E-state index contributed by atoms with van der Waals surface area (Å²) in [5.41, 5.74) is 5.05. The van der Waals surface area contributed by atoms with E-state index >= 15 is 0 Å². The van der Waals surface area contributed by atoms with E-state index in [1.165, 1.54) is 5.56 Å². The first-order chi connectivity index (χ1) is 5.35. The Balaban J connectivity index is 0. The average Bonchev–Trinajstić information content (AvgIpc) is 2.08. The van der Waals surface area contributed by atoms with Crippen molar-refractivity contribution in [2.75, 3.05) is 0 Å². The Bertz CT molecular complexity index is 224. The van der Waals surface area contributed by atoms with Crippen LogP contribution in [0.4, 0.5) is 0 Å². The second kappa shape index (κ2) is 10.8. The number of hydrogen-bond donors (Lipinski definition) is 1. The molecule has 5 heteroatoms. The molecule has 0 aromatic heterocycles. The summed E-state index contributed by atoms with van der Waals surface area (Å²) < 4.78 is 17.0. The molecule has 12 heavy (non-hydrogen) atoms. The molecular formula is C7H10ClNO2Ti. The minimum atomic E-state index is -2.00. The van der Waals surface area contributed by atoms with Crippen molar-refractivity contribution in [2.45, 2.75) is 6.54 Å². The van der Waals surface area contributed by atoms with E-state index in [9.17, 15) is 0 Å². The minimum absolute atomic E-state index is 0. The van der Waals surface area contributed by atoms with Crippen molar-refractivity contribution >= 4 is 0 Å². The monoisotopic (exact) mass is 223 g/mol. The van der Waals surface area contributed by atoms with E-state index < -0.39 is 19.1 Å². The summed E-state index contributed by atoms with van der Waals surface area (Å²) >= 11 is -2.00. The molecule has 3 N–H and O–H groups in total. The predicted molar refractivity (Wildman–Crippen MR) is 34.4 cm³/mol. The normalized spacial score (nSPS) is 6.75. The molecule has 0 bridgehead atoms. The second-order valence-electron chi connectivity index (χ2n) is 1.82. The van der Waals surface area contributed by atoms with Gasteiger partial charge >= 0.3 is 25.7 Å². The van der Waals surface area contributed by atoms with Gasteiger partial charge in [-0.15, -0.1) is 0 Å². The summed E-state index contributed by atoms with van der Waals surface area (Å²) in [5, 5.41) is 0. The molecule has 0 saturated carbocycles. The Hall–Kier alpha value is -0.216. The van der Waals surface area contributed by atoms with E-state index in [4.69, 9.17) is 6.65 Å². The Morgan fingerprint density at radius 2 is 1.58 bits per heavy atom. The Labute approximate surface area is 86.3 Å². The zero-order valence-electron chi connectivity index (χ0n) is 6.50. The van der Waals surface area contributed by atoms with Crippen LogP contribution < -0.4 is 18.1 Å². The van der Waals surface area contributed by atoms with E-state index in [-0.39, 0.29) is 12.4 Å². The third-order valence-corrected chi connectivity index (χ3v) is 1.13.